The third-order valence-corrected chi connectivity index (χ3v) is 5.50. The number of hydrogen-bond donors (Lipinski definition) is 2. The Hall–Kier alpha value is -3.38. The van der Waals surface area contributed by atoms with Crippen LogP contribution >= 0.6 is 11.6 Å². The van der Waals surface area contributed by atoms with Crippen LogP contribution in [0.2, 0.25) is 5.02 Å². The fourth-order valence-electron chi connectivity index (χ4n) is 3.44. The summed E-state index contributed by atoms with van der Waals surface area (Å²) >= 11 is 5.89. The van der Waals surface area contributed by atoms with E-state index in [1.54, 1.807) is 31.2 Å². The second kappa shape index (κ2) is 12.0. The number of amides is 2. The number of esters is 1. The molecule has 33 heavy (non-hydrogen) atoms. The summed E-state index contributed by atoms with van der Waals surface area (Å²) < 4.78 is 5.59. The molecule has 2 aromatic rings. The molecule has 0 unspecified atom stereocenters. The summed E-state index contributed by atoms with van der Waals surface area (Å²) in [7, 11) is 0. The van der Waals surface area contributed by atoms with Gasteiger partial charge in [0.25, 0.3) is 0 Å². The van der Waals surface area contributed by atoms with Crippen molar-refractivity contribution in [1.29, 1.82) is 0 Å². The second-order valence-corrected chi connectivity index (χ2v) is 8.35. The van der Waals surface area contributed by atoms with Crippen molar-refractivity contribution in [3.8, 4) is 0 Å². The maximum atomic E-state index is 12.9. The van der Waals surface area contributed by atoms with E-state index in [0.29, 0.717) is 23.6 Å². The van der Waals surface area contributed by atoms with E-state index in [1.165, 1.54) is 6.08 Å². The van der Waals surface area contributed by atoms with E-state index in [2.05, 4.69) is 10.6 Å². The summed E-state index contributed by atoms with van der Waals surface area (Å²) in [6.45, 7) is 2.26. The molecular formula is C26H27ClN2O4. The predicted molar refractivity (Wildman–Crippen MR) is 127 cm³/mol. The summed E-state index contributed by atoms with van der Waals surface area (Å²) in [4.78, 5) is 37.8. The molecule has 2 N–H and O–H groups in total. The Kier molecular flexibility index (Phi) is 8.84. The first-order valence-corrected chi connectivity index (χ1v) is 11.2. The van der Waals surface area contributed by atoms with Gasteiger partial charge in [-0.05, 0) is 42.2 Å². The molecule has 0 aromatic heterocycles. The number of cyclic esters (lactones) is 1. The van der Waals surface area contributed by atoms with E-state index in [4.69, 9.17) is 16.3 Å². The largest absolute Gasteiger partial charge is 0.452 e. The molecule has 2 atom stereocenters. The Balaban J connectivity index is 1.69. The van der Waals surface area contributed by atoms with Crippen LogP contribution < -0.4 is 10.6 Å². The number of ether oxygens (including phenoxy) is 1. The van der Waals surface area contributed by atoms with E-state index in [-0.39, 0.29) is 24.8 Å². The standard InChI is InChI=1S/C26H27ClN2O4/c1-18-6-5-9-21(15-24(30)28-16-19-10-12-22(27)13-11-19)26(32)29-17-23(33-25(31)14-18)20-7-3-2-4-8-20/h2-8,10-14,21,23H,9,15-17H2,1H3,(H,28,30)(H,29,32)/b6-5+,18-14-/t21-,23-/m1/s1. The maximum absolute atomic E-state index is 12.9. The van der Waals surface area contributed by atoms with Gasteiger partial charge >= 0.3 is 5.97 Å². The smallest absolute Gasteiger partial charge is 0.331 e. The number of halogens is 1. The lowest BCUT2D eigenvalue weighted by atomic mass is 9.98. The minimum atomic E-state index is -0.630. The van der Waals surface area contributed by atoms with Gasteiger partial charge in [-0.1, -0.05) is 66.2 Å². The minimum absolute atomic E-state index is 0.0440. The zero-order valence-electron chi connectivity index (χ0n) is 18.4. The number of benzene rings is 2. The molecule has 6 nitrogen and oxygen atoms in total. The molecule has 0 fully saturated rings. The average molecular weight is 467 g/mol. The first kappa shape index (κ1) is 24.3. The predicted octanol–water partition coefficient (Wildman–Crippen LogP) is 4.27. The van der Waals surface area contributed by atoms with Crippen LogP contribution in [-0.4, -0.2) is 24.3 Å². The molecule has 0 spiro atoms. The van der Waals surface area contributed by atoms with Crippen molar-refractivity contribution in [2.24, 2.45) is 5.92 Å². The van der Waals surface area contributed by atoms with Gasteiger partial charge in [0.1, 0.15) is 6.10 Å². The molecule has 172 valence electrons. The monoisotopic (exact) mass is 466 g/mol. The molecule has 0 saturated heterocycles. The van der Waals surface area contributed by atoms with Gasteiger partial charge in [-0.25, -0.2) is 4.79 Å². The average Bonchev–Trinajstić information content (AvgIpc) is 2.80. The zero-order chi connectivity index (χ0) is 23.6. The molecule has 1 aliphatic rings. The summed E-state index contributed by atoms with van der Waals surface area (Å²) in [5.74, 6) is -1.51. The lowest BCUT2D eigenvalue weighted by molar-refractivity contribution is -0.144. The number of carbonyl (C=O) groups is 3. The summed E-state index contributed by atoms with van der Waals surface area (Å²) in [6.07, 6.45) is 4.76. The van der Waals surface area contributed by atoms with Gasteiger partial charge in [-0.3, -0.25) is 9.59 Å². The summed E-state index contributed by atoms with van der Waals surface area (Å²) in [6, 6.07) is 16.5. The minimum Gasteiger partial charge on any atom is -0.452 e. The maximum Gasteiger partial charge on any atom is 0.331 e. The number of allylic oxidation sites excluding steroid dienone is 3. The molecule has 0 bridgehead atoms. The quantitative estimate of drug-likeness (QED) is 0.644. The van der Waals surface area contributed by atoms with Crippen LogP contribution in [0.15, 0.2) is 78.4 Å². The van der Waals surface area contributed by atoms with Gasteiger partial charge in [0, 0.05) is 24.1 Å². The van der Waals surface area contributed by atoms with Gasteiger partial charge in [0.2, 0.25) is 11.8 Å². The van der Waals surface area contributed by atoms with Crippen LogP contribution in [0.3, 0.4) is 0 Å². The van der Waals surface area contributed by atoms with Crippen LogP contribution in [0, 0.1) is 5.92 Å². The van der Waals surface area contributed by atoms with E-state index in [9.17, 15) is 14.4 Å². The molecule has 1 heterocycles. The molecule has 0 aliphatic carbocycles. The van der Waals surface area contributed by atoms with Crippen molar-refractivity contribution in [2.75, 3.05) is 6.54 Å². The van der Waals surface area contributed by atoms with Crippen molar-refractivity contribution in [3.05, 3.63) is 94.5 Å². The molecular weight excluding hydrogens is 440 g/mol. The van der Waals surface area contributed by atoms with Crippen LogP contribution in [0.5, 0.6) is 0 Å². The second-order valence-electron chi connectivity index (χ2n) is 7.91. The van der Waals surface area contributed by atoms with E-state index < -0.39 is 18.0 Å². The first-order valence-electron chi connectivity index (χ1n) is 10.8. The zero-order valence-corrected chi connectivity index (χ0v) is 19.2. The highest BCUT2D eigenvalue weighted by molar-refractivity contribution is 6.30. The van der Waals surface area contributed by atoms with Gasteiger partial charge in [0.05, 0.1) is 12.5 Å². The van der Waals surface area contributed by atoms with Crippen LogP contribution in [0.4, 0.5) is 0 Å². The van der Waals surface area contributed by atoms with Crippen LogP contribution in [-0.2, 0) is 25.7 Å². The molecule has 2 amide bonds. The lowest BCUT2D eigenvalue weighted by Gasteiger charge is -2.21. The Morgan fingerprint density at radius 3 is 2.58 bits per heavy atom. The number of nitrogens with one attached hydrogen (secondary N) is 2. The highest BCUT2D eigenvalue weighted by Gasteiger charge is 2.24. The van der Waals surface area contributed by atoms with Crippen molar-refractivity contribution in [2.45, 2.75) is 32.4 Å². The van der Waals surface area contributed by atoms with E-state index in [1.807, 2.05) is 42.5 Å². The first-order chi connectivity index (χ1) is 15.9. The van der Waals surface area contributed by atoms with Crippen molar-refractivity contribution in [3.63, 3.8) is 0 Å². The molecule has 7 heteroatoms. The number of hydrogen-bond acceptors (Lipinski definition) is 4. The lowest BCUT2D eigenvalue weighted by Crippen LogP contribution is -2.37. The van der Waals surface area contributed by atoms with Crippen LogP contribution in [0.25, 0.3) is 0 Å². The molecule has 3 rings (SSSR count). The van der Waals surface area contributed by atoms with E-state index in [0.717, 1.165) is 11.1 Å². The van der Waals surface area contributed by atoms with E-state index >= 15 is 0 Å². The van der Waals surface area contributed by atoms with Gasteiger partial charge < -0.3 is 15.4 Å². The number of rotatable bonds is 5. The molecule has 0 radical (unpaired) electrons. The summed E-state index contributed by atoms with van der Waals surface area (Å²) in [5, 5.41) is 6.34. The van der Waals surface area contributed by atoms with Gasteiger partial charge in [-0.2, -0.15) is 0 Å². The van der Waals surface area contributed by atoms with Gasteiger partial charge in [0.15, 0.2) is 0 Å². The highest BCUT2D eigenvalue weighted by Crippen LogP contribution is 2.19. The third-order valence-electron chi connectivity index (χ3n) is 5.24. The van der Waals surface area contributed by atoms with Crippen molar-refractivity contribution >= 4 is 29.4 Å². The topological polar surface area (TPSA) is 84.5 Å². The Morgan fingerprint density at radius 1 is 1.12 bits per heavy atom. The Morgan fingerprint density at radius 2 is 1.85 bits per heavy atom. The fourth-order valence-corrected chi connectivity index (χ4v) is 3.57. The molecule has 0 saturated carbocycles. The Bertz CT molecular complexity index is 1030. The normalized spacial score (nSPS) is 21.9. The van der Waals surface area contributed by atoms with Gasteiger partial charge in [-0.15, -0.1) is 0 Å². The van der Waals surface area contributed by atoms with Crippen LogP contribution in [0.1, 0.15) is 37.0 Å². The molecule has 2 aromatic carbocycles. The summed E-state index contributed by atoms with van der Waals surface area (Å²) in [5.41, 5.74) is 2.41. The number of carbonyl (C=O) groups excluding carboxylic acids is 3. The van der Waals surface area contributed by atoms with Crippen molar-refractivity contribution < 1.29 is 19.1 Å². The fraction of sp³-hybridized carbons (Fsp3) is 0.269. The Labute approximate surface area is 198 Å². The van der Waals surface area contributed by atoms with Crippen molar-refractivity contribution in [1.82, 2.24) is 10.6 Å². The molecule has 1 aliphatic heterocycles. The SMILES string of the molecule is CC1=C/C(=O)O[C@@H](c2ccccc2)CNC(=O)[C@@H](CC(=O)NCc2ccc(Cl)cc2)C\C=C\1. The highest BCUT2D eigenvalue weighted by atomic mass is 35.5. The third kappa shape index (κ3) is 7.91.